The number of carboxylic acids is 1. The summed E-state index contributed by atoms with van der Waals surface area (Å²) >= 11 is 0. The molecule has 33 heavy (non-hydrogen) atoms. The van der Waals surface area contributed by atoms with Crippen molar-refractivity contribution in [1.82, 2.24) is 20.2 Å². The molecule has 6 heteroatoms. The molecule has 0 radical (unpaired) electrons. The van der Waals surface area contributed by atoms with Crippen LogP contribution in [0.15, 0.2) is 42.6 Å². The standard InChI is InChI=1S/C27H32N4O2/c32-25(33)16-18-6-8-19(9-7-18)20-10-12-21(13-11-20)24-15-14-23(17-28-24)27-29-26(30-31-27)22-4-2-1-3-5-22/h10-15,17-19,22H,1-9,16H2,(H,32,33)(H,29,30,31)/t18-,19-. The number of hydrogen-bond donors (Lipinski definition) is 2. The highest BCUT2D eigenvalue weighted by Crippen LogP contribution is 2.37. The maximum absolute atomic E-state index is 10.9. The van der Waals surface area contributed by atoms with Gasteiger partial charge >= 0.3 is 5.97 Å². The molecule has 2 aliphatic rings. The third-order valence-electron chi connectivity index (χ3n) is 7.50. The molecule has 0 bridgehead atoms. The van der Waals surface area contributed by atoms with Crippen LogP contribution >= 0.6 is 0 Å². The van der Waals surface area contributed by atoms with Crippen molar-refractivity contribution >= 4 is 5.97 Å². The lowest BCUT2D eigenvalue weighted by molar-refractivity contribution is -0.138. The molecule has 6 nitrogen and oxygen atoms in total. The summed E-state index contributed by atoms with van der Waals surface area (Å²) in [6, 6.07) is 12.8. The number of hydrogen-bond acceptors (Lipinski definition) is 4. The summed E-state index contributed by atoms with van der Waals surface area (Å²) < 4.78 is 0. The highest BCUT2D eigenvalue weighted by molar-refractivity contribution is 5.67. The number of nitrogens with one attached hydrogen (secondary N) is 1. The molecule has 172 valence electrons. The summed E-state index contributed by atoms with van der Waals surface area (Å²) in [4.78, 5) is 20.4. The van der Waals surface area contributed by atoms with Crippen molar-refractivity contribution in [2.45, 2.75) is 76.0 Å². The number of aromatic nitrogens is 4. The van der Waals surface area contributed by atoms with Gasteiger partial charge in [0, 0.05) is 29.7 Å². The van der Waals surface area contributed by atoms with Crippen molar-refractivity contribution in [2.75, 3.05) is 0 Å². The minimum atomic E-state index is -0.672. The van der Waals surface area contributed by atoms with Gasteiger partial charge in [0.15, 0.2) is 11.6 Å². The average molecular weight is 445 g/mol. The van der Waals surface area contributed by atoms with Gasteiger partial charge in [0.25, 0.3) is 0 Å². The second kappa shape index (κ2) is 9.86. The Bertz CT molecular complexity index is 1060. The molecule has 1 aromatic carbocycles. The Hall–Kier alpha value is -3.02. The van der Waals surface area contributed by atoms with E-state index in [1.54, 1.807) is 0 Å². The van der Waals surface area contributed by atoms with Gasteiger partial charge in [0.2, 0.25) is 0 Å². The minimum Gasteiger partial charge on any atom is -0.481 e. The highest BCUT2D eigenvalue weighted by atomic mass is 16.4. The lowest BCUT2D eigenvalue weighted by atomic mass is 9.77. The average Bonchev–Trinajstić information content (AvgIpc) is 3.36. The van der Waals surface area contributed by atoms with E-state index in [1.165, 1.54) is 37.7 Å². The van der Waals surface area contributed by atoms with E-state index in [1.807, 2.05) is 12.3 Å². The van der Waals surface area contributed by atoms with Gasteiger partial charge in [-0.05, 0) is 68.1 Å². The molecule has 2 aromatic heterocycles. The van der Waals surface area contributed by atoms with Gasteiger partial charge in [-0.25, -0.2) is 4.98 Å². The minimum absolute atomic E-state index is 0.309. The molecule has 0 unspecified atom stereocenters. The van der Waals surface area contributed by atoms with E-state index in [9.17, 15) is 4.79 Å². The fraction of sp³-hybridized carbons (Fsp3) is 0.481. The smallest absolute Gasteiger partial charge is 0.303 e. The summed E-state index contributed by atoms with van der Waals surface area (Å²) in [6.45, 7) is 0. The highest BCUT2D eigenvalue weighted by Gasteiger charge is 2.24. The monoisotopic (exact) mass is 444 g/mol. The molecule has 2 heterocycles. The van der Waals surface area contributed by atoms with Gasteiger partial charge in [0.1, 0.15) is 0 Å². The Morgan fingerprint density at radius 2 is 1.61 bits per heavy atom. The van der Waals surface area contributed by atoms with Crippen LogP contribution < -0.4 is 0 Å². The van der Waals surface area contributed by atoms with Crippen LogP contribution in [-0.4, -0.2) is 31.2 Å². The van der Waals surface area contributed by atoms with E-state index >= 15 is 0 Å². The lowest BCUT2D eigenvalue weighted by Crippen LogP contribution is -2.16. The maximum atomic E-state index is 10.9. The normalized spacial score (nSPS) is 21.7. The Kier molecular flexibility index (Phi) is 6.51. The molecule has 0 atom stereocenters. The van der Waals surface area contributed by atoms with Gasteiger partial charge in [-0.2, -0.15) is 5.10 Å². The fourth-order valence-corrected chi connectivity index (χ4v) is 5.52. The maximum Gasteiger partial charge on any atom is 0.303 e. The summed E-state index contributed by atoms with van der Waals surface area (Å²) in [5.41, 5.74) is 4.36. The van der Waals surface area contributed by atoms with Crippen LogP contribution in [0.2, 0.25) is 0 Å². The third kappa shape index (κ3) is 5.15. The van der Waals surface area contributed by atoms with Gasteiger partial charge in [-0.3, -0.25) is 14.9 Å². The number of aliphatic carboxylic acids is 1. The fourth-order valence-electron chi connectivity index (χ4n) is 5.52. The molecule has 0 spiro atoms. The van der Waals surface area contributed by atoms with Crippen LogP contribution in [0.1, 0.15) is 87.4 Å². The largest absolute Gasteiger partial charge is 0.481 e. The summed E-state index contributed by atoms with van der Waals surface area (Å²) in [7, 11) is 0. The van der Waals surface area contributed by atoms with Crippen molar-refractivity contribution in [1.29, 1.82) is 0 Å². The summed E-state index contributed by atoms with van der Waals surface area (Å²) in [5.74, 6) is 2.42. The van der Waals surface area contributed by atoms with Crippen LogP contribution in [0, 0.1) is 5.92 Å². The summed E-state index contributed by atoms with van der Waals surface area (Å²) in [5, 5.41) is 16.6. The lowest BCUT2D eigenvalue weighted by Gasteiger charge is -2.28. The molecular formula is C27H32N4O2. The van der Waals surface area contributed by atoms with Crippen molar-refractivity contribution in [3.05, 3.63) is 54.0 Å². The first-order chi connectivity index (χ1) is 16.2. The van der Waals surface area contributed by atoms with Crippen molar-refractivity contribution in [3.8, 4) is 22.6 Å². The van der Waals surface area contributed by atoms with Crippen molar-refractivity contribution in [2.24, 2.45) is 5.92 Å². The first-order valence-corrected chi connectivity index (χ1v) is 12.4. The Morgan fingerprint density at radius 1 is 0.879 bits per heavy atom. The zero-order chi connectivity index (χ0) is 22.6. The van der Waals surface area contributed by atoms with Crippen LogP contribution in [-0.2, 0) is 4.79 Å². The second-order valence-corrected chi connectivity index (χ2v) is 9.75. The zero-order valence-corrected chi connectivity index (χ0v) is 19.0. The van der Waals surface area contributed by atoms with Crippen molar-refractivity contribution < 1.29 is 9.90 Å². The molecule has 2 N–H and O–H groups in total. The van der Waals surface area contributed by atoms with Crippen LogP contribution in [0.25, 0.3) is 22.6 Å². The molecule has 2 fully saturated rings. The third-order valence-corrected chi connectivity index (χ3v) is 7.50. The number of nitrogens with zero attached hydrogens (tertiary/aromatic N) is 3. The van der Waals surface area contributed by atoms with Gasteiger partial charge in [0.05, 0.1) is 5.69 Å². The second-order valence-electron chi connectivity index (χ2n) is 9.75. The van der Waals surface area contributed by atoms with Crippen LogP contribution in [0.3, 0.4) is 0 Å². The molecule has 3 aromatic rings. The molecule has 5 rings (SSSR count). The first-order valence-electron chi connectivity index (χ1n) is 12.4. The first kappa shape index (κ1) is 21.8. The van der Waals surface area contributed by atoms with E-state index in [2.05, 4.69) is 45.5 Å². The zero-order valence-electron chi connectivity index (χ0n) is 19.0. The predicted molar refractivity (Wildman–Crippen MR) is 128 cm³/mol. The van der Waals surface area contributed by atoms with E-state index in [4.69, 9.17) is 10.1 Å². The van der Waals surface area contributed by atoms with Gasteiger partial charge < -0.3 is 5.11 Å². The molecular weight excluding hydrogens is 412 g/mol. The topological polar surface area (TPSA) is 91.8 Å². The number of rotatable bonds is 6. The van der Waals surface area contributed by atoms with Gasteiger partial charge in [-0.1, -0.05) is 43.5 Å². The Balaban J connectivity index is 1.22. The predicted octanol–water partition coefficient (Wildman–Crippen LogP) is 6.33. The molecule has 0 aliphatic heterocycles. The number of carbonyl (C=O) groups is 1. The molecule has 2 saturated carbocycles. The Labute approximate surface area is 194 Å². The number of benzene rings is 1. The molecule has 0 saturated heterocycles. The number of aromatic amines is 1. The van der Waals surface area contributed by atoms with E-state index < -0.39 is 5.97 Å². The van der Waals surface area contributed by atoms with E-state index in [0.717, 1.165) is 54.2 Å². The Morgan fingerprint density at radius 3 is 2.27 bits per heavy atom. The van der Waals surface area contributed by atoms with Crippen molar-refractivity contribution in [3.63, 3.8) is 0 Å². The quantitative estimate of drug-likeness (QED) is 0.463. The van der Waals surface area contributed by atoms with Crippen LogP contribution in [0.4, 0.5) is 0 Å². The molecule has 0 amide bonds. The van der Waals surface area contributed by atoms with Crippen LogP contribution in [0.5, 0.6) is 0 Å². The molecule has 2 aliphatic carbocycles. The van der Waals surface area contributed by atoms with E-state index in [-0.39, 0.29) is 0 Å². The summed E-state index contributed by atoms with van der Waals surface area (Å²) in [6.07, 6.45) is 12.6. The SMILES string of the molecule is O=C(O)C[C@H]1CC[C@H](c2ccc(-c3ccc(-c4nc(C5CCCCC5)n[nH]4)cn3)cc2)CC1. The van der Waals surface area contributed by atoms with Gasteiger partial charge in [-0.15, -0.1) is 0 Å². The van der Waals surface area contributed by atoms with E-state index in [0.29, 0.717) is 24.2 Å². The number of pyridine rings is 1. The number of H-pyrrole nitrogens is 1. The number of carboxylic acid groups (broad SMARTS) is 1.